The highest BCUT2D eigenvalue weighted by atomic mass is 16.5. The second-order valence-electron chi connectivity index (χ2n) is 3.78. The van der Waals surface area contributed by atoms with Crippen molar-refractivity contribution in [3.05, 3.63) is 28.8 Å². The number of benzene rings is 1. The number of aryl methyl sites for hydroxylation is 2. The summed E-state index contributed by atoms with van der Waals surface area (Å²) in [7, 11) is 3.45. The van der Waals surface area contributed by atoms with E-state index in [-0.39, 0.29) is 0 Å². The average Bonchev–Trinajstić information content (AvgIpc) is 2.17. The average molecular weight is 209 g/mol. The van der Waals surface area contributed by atoms with E-state index in [0.717, 1.165) is 22.4 Å². The fraction of sp³-hybridized carbons (Fsp3) is 0.500. The highest BCUT2D eigenvalue weighted by molar-refractivity contribution is 5.45. The van der Waals surface area contributed by atoms with Gasteiger partial charge in [-0.3, -0.25) is 0 Å². The normalized spacial score (nSPS) is 12.6. The first-order valence-electron chi connectivity index (χ1n) is 5.08. The smallest absolute Gasteiger partial charge is 0.127 e. The van der Waals surface area contributed by atoms with Crippen LogP contribution in [0.15, 0.2) is 12.1 Å². The van der Waals surface area contributed by atoms with E-state index in [0.29, 0.717) is 6.54 Å². The van der Waals surface area contributed by atoms with Crippen LogP contribution in [-0.4, -0.2) is 25.8 Å². The van der Waals surface area contributed by atoms with E-state index in [1.807, 2.05) is 27.0 Å². The Kier molecular flexibility index (Phi) is 4.12. The number of hydrogen-bond donors (Lipinski definition) is 2. The number of aliphatic hydroxyl groups excluding tert-OH is 1. The molecule has 3 heteroatoms. The SMILES string of the molecule is CNCC(O)c1cc(C)cc(C)c1OC. The largest absolute Gasteiger partial charge is 0.496 e. The summed E-state index contributed by atoms with van der Waals surface area (Å²) < 4.78 is 5.31. The molecule has 0 bridgehead atoms. The zero-order valence-corrected chi connectivity index (χ0v) is 9.79. The molecule has 0 spiro atoms. The highest BCUT2D eigenvalue weighted by Gasteiger charge is 2.14. The molecule has 1 aromatic rings. The van der Waals surface area contributed by atoms with Crippen molar-refractivity contribution in [1.82, 2.24) is 5.32 Å². The van der Waals surface area contributed by atoms with Crippen LogP contribution in [0.2, 0.25) is 0 Å². The van der Waals surface area contributed by atoms with Gasteiger partial charge in [-0.2, -0.15) is 0 Å². The van der Waals surface area contributed by atoms with Crippen molar-refractivity contribution in [3.8, 4) is 5.75 Å². The Morgan fingerprint density at radius 2 is 2.07 bits per heavy atom. The minimum Gasteiger partial charge on any atom is -0.496 e. The van der Waals surface area contributed by atoms with Crippen LogP contribution in [0.25, 0.3) is 0 Å². The van der Waals surface area contributed by atoms with Gasteiger partial charge in [-0.25, -0.2) is 0 Å². The lowest BCUT2D eigenvalue weighted by molar-refractivity contribution is 0.173. The van der Waals surface area contributed by atoms with E-state index in [1.54, 1.807) is 7.11 Å². The van der Waals surface area contributed by atoms with Crippen LogP contribution < -0.4 is 10.1 Å². The van der Waals surface area contributed by atoms with Crippen molar-refractivity contribution < 1.29 is 9.84 Å². The number of likely N-dealkylation sites (N-methyl/N-ethyl adjacent to an activating group) is 1. The van der Waals surface area contributed by atoms with Crippen molar-refractivity contribution in [2.24, 2.45) is 0 Å². The molecule has 84 valence electrons. The van der Waals surface area contributed by atoms with Gasteiger partial charge in [-0.15, -0.1) is 0 Å². The van der Waals surface area contributed by atoms with Crippen molar-refractivity contribution in [3.63, 3.8) is 0 Å². The molecule has 3 nitrogen and oxygen atoms in total. The van der Waals surface area contributed by atoms with E-state index in [1.165, 1.54) is 0 Å². The van der Waals surface area contributed by atoms with Crippen LogP contribution in [0.4, 0.5) is 0 Å². The summed E-state index contributed by atoms with van der Waals surface area (Å²) in [6.45, 7) is 4.53. The summed E-state index contributed by atoms with van der Waals surface area (Å²) in [4.78, 5) is 0. The lowest BCUT2D eigenvalue weighted by Gasteiger charge is -2.17. The lowest BCUT2D eigenvalue weighted by Crippen LogP contribution is -2.17. The summed E-state index contributed by atoms with van der Waals surface area (Å²) in [5, 5.41) is 12.9. The molecule has 1 aromatic carbocycles. The van der Waals surface area contributed by atoms with E-state index in [4.69, 9.17) is 4.74 Å². The van der Waals surface area contributed by atoms with Gasteiger partial charge in [0, 0.05) is 12.1 Å². The maximum atomic E-state index is 9.94. The monoisotopic (exact) mass is 209 g/mol. The molecular formula is C12H19NO2. The maximum absolute atomic E-state index is 9.94. The number of aliphatic hydroxyl groups is 1. The minimum absolute atomic E-state index is 0.524. The number of rotatable bonds is 4. The molecule has 0 heterocycles. The highest BCUT2D eigenvalue weighted by Crippen LogP contribution is 2.29. The predicted octanol–water partition coefficient (Wildman–Crippen LogP) is 1.56. The molecule has 0 amide bonds. The standard InChI is InChI=1S/C12H19NO2/c1-8-5-9(2)12(15-4)10(6-8)11(14)7-13-3/h5-6,11,13-14H,7H2,1-4H3. The van der Waals surface area contributed by atoms with E-state index in [2.05, 4.69) is 11.4 Å². The number of hydrogen-bond acceptors (Lipinski definition) is 3. The molecule has 0 aromatic heterocycles. The Labute approximate surface area is 91.1 Å². The zero-order valence-electron chi connectivity index (χ0n) is 9.79. The van der Waals surface area contributed by atoms with Crippen LogP contribution in [0.3, 0.4) is 0 Å². The van der Waals surface area contributed by atoms with Crippen LogP contribution >= 0.6 is 0 Å². The van der Waals surface area contributed by atoms with Crippen LogP contribution in [0.1, 0.15) is 22.8 Å². The van der Waals surface area contributed by atoms with Gasteiger partial charge in [-0.05, 0) is 32.5 Å². The second-order valence-corrected chi connectivity index (χ2v) is 3.78. The van der Waals surface area contributed by atoms with Crippen molar-refractivity contribution in [2.45, 2.75) is 20.0 Å². The fourth-order valence-corrected chi connectivity index (χ4v) is 1.82. The van der Waals surface area contributed by atoms with Crippen LogP contribution in [0.5, 0.6) is 5.75 Å². The maximum Gasteiger partial charge on any atom is 0.127 e. The third-order valence-electron chi connectivity index (χ3n) is 2.41. The van der Waals surface area contributed by atoms with E-state index >= 15 is 0 Å². The Morgan fingerprint density at radius 3 is 2.60 bits per heavy atom. The molecule has 0 aliphatic rings. The number of methoxy groups -OCH3 is 1. The third-order valence-corrected chi connectivity index (χ3v) is 2.41. The summed E-state index contributed by atoms with van der Waals surface area (Å²) in [6.07, 6.45) is -0.524. The molecule has 0 fully saturated rings. The molecule has 2 N–H and O–H groups in total. The van der Waals surface area contributed by atoms with Crippen molar-refractivity contribution in [1.29, 1.82) is 0 Å². The molecule has 15 heavy (non-hydrogen) atoms. The molecule has 1 unspecified atom stereocenters. The zero-order chi connectivity index (χ0) is 11.4. The van der Waals surface area contributed by atoms with Gasteiger partial charge in [0.25, 0.3) is 0 Å². The minimum atomic E-state index is -0.524. The first kappa shape index (κ1) is 12.0. The van der Waals surface area contributed by atoms with Crippen molar-refractivity contribution >= 4 is 0 Å². The lowest BCUT2D eigenvalue weighted by atomic mass is 10.0. The topological polar surface area (TPSA) is 41.5 Å². The molecule has 0 radical (unpaired) electrons. The first-order chi connectivity index (χ1) is 7.10. The summed E-state index contributed by atoms with van der Waals surface area (Å²) in [5.41, 5.74) is 3.05. The molecule has 0 aliphatic carbocycles. The Hall–Kier alpha value is -1.06. The molecular weight excluding hydrogens is 190 g/mol. The molecule has 0 saturated heterocycles. The first-order valence-corrected chi connectivity index (χ1v) is 5.08. The van der Waals surface area contributed by atoms with Crippen molar-refractivity contribution in [2.75, 3.05) is 20.7 Å². The molecule has 1 rings (SSSR count). The Balaban J connectivity index is 3.13. The Bertz CT molecular complexity index is 337. The predicted molar refractivity (Wildman–Crippen MR) is 61.4 cm³/mol. The second kappa shape index (κ2) is 5.14. The number of ether oxygens (including phenoxy) is 1. The molecule has 0 saturated carbocycles. The van der Waals surface area contributed by atoms with Gasteiger partial charge in [0.1, 0.15) is 5.75 Å². The molecule has 1 atom stereocenters. The molecule has 0 aliphatic heterocycles. The van der Waals surface area contributed by atoms with Gasteiger partial charge < -0.3 is 15.2 Å². The van der Waals surface area contributed by atoms with Gasteiger partial charge in [-0.1, -0.05) is 11.6 Å². The van der Waals surface area contributed by atoms with Crippen LogP contribution in [0, 0.1) is 13.8 Å². The van der Waals surface area contributed by atoms with Crippen LogP contribution in [-0.2, 0) is 0 Å². The summed E-state index contributed by atoms with van der Waals surface area (Å²) in [5.74, 6) is 0.781. The third kappa shape index (κ3) is 2.70. The number of nitrogens with one attached hydrogen (secondary N) is 1. The van der Waals surface area contributed by atoms with Gasteiger partial charge in [0.05, 0.1) is 13.2 Å². The summed E-state index contributed by atoms with van der Waals surface area (Å²) in [6, 6.07) is 4.02. The summed E-state index contributed by atoms with van der Waals surface area (Å²) >= 11 is 0. The van der Waals surface area contributed by atoms with Gasteiger partial charge in [0.15, 0.2) is 0 Å². The quantitative estimate of drug-likeness (QED) is 0.790. The van der Waals surface area contributed by atoms with E-state index < -0.39 is 6.10 Å². The van der Waals surface area contributed by atoms with E-state index in [9.17, 15) is 5.11 Å². The van der Waals surface area contributed by atoms with Gasteiger partial charge in [0.2, 0.25) is 0 Å². The van der Waals surface area contributed by atoms with Gasteiger partial charge >= 0.3 is 0 Å². The fourth-order valence-electron chi connectivity index (χ4n) is 1.82. The Morgan fingerprint density at radius 1 is 1.40 bits per heavy atom.